The highest BCUT2D eigenvalue weighted by Gasteiger charge is 2.29. The van der Waals surface area contributed by atoms with E-state index in [0.29, 0.717) is 18.0 Å². The molecular weight excluding hydrogens is 284 g/mol. The molecule has 3 atom stereocenters. The van der Waals surface area contributed by atoms with E-state index in [0.717, 1.165) is 42.6 Å². The second-order valence-corrected chi connectivity index (χ2v) is 6.72. The molecule has 1 aliphatic rings. The fourth-order valence-corrected chi connectivity index (χ4v) is 3.24. The minimum Gasteiger partial charge on any atom is -0.311 e. The monoisotopic (exact) mass is 312 g/mol. The zero-order chi connectivity index (χ0) is 15.6. The fraction of sp³-hybridized carbons (Fsp3) is 0.812. The molecule has 120 valence electrons. The molecule has 2 heterocycles. The molecule has 0 aromatic carbocycles. The van der Waals surface area contributed by atoms with E-state index in [1.54, 1.807) is 0 Å². The summed E-state index contributed by atoms with van der Waals surface area (Å²) >= 11 is 6.46. The molecule has 21 heavy (non-hydrogen) atoms. The van der Waals surface area contributed by atoms with Crippen LogP contribution < -0.4 is 5.32 Å². The number of hydrogen-bond donors (Lipinski definition) is 1. The summed E-state index contributed by atoms with van der Waals surface area (Å²) in [6.45, 7) is 14.9. The van der Waals surface area contributed by atoms with Crippen LogP contribution in [0.1, 0.15) is 45.5 Å². The molecule has 1 N–H and O–H groups in total. The van der Waals surface area contributed by atoms with Crippen LogP contribution in [0.15, 0.2) is 0 Å². The molecule has 0 bridgehead atoms. The lowest BCUT2D eigenvalue weighted by Gasteiger charge is -2.41. The molecule has 0 amide bonds. The Hall–Kier alpha value is -0.580. The normalized spacial score (nSPS) is 25.2. The van der Waals surface area contributed by atoms with E-state index in [1.807, 2.05) is 11.6 Å². The van der Waals surface area contributed by atoms with Gasteiger partial charge < -0.3 is 5.32 Å². The van der Waals surface area contributed by atoms with Gasteiger partial charge in [0.25, 0.3) is 0 Å². The van der Waals surface area contributed by atoms with Gasteiger partial charge in [-0.05, 0) is 26.7 Å². The van der Waals surface area contributed by atoms with Gasteiger partial charge in [0.15, 0.2) is 0 Å². The summed E-state index contributed by atoms with van der Waals surface area (Å²) in [5, 5.41) is 9.05. The third-order valence-electron chi connectivity index (χ3n) is 4.87. The van der Waals surface area contributed by atoms with Crippen molar-refractivity contribution >= 4 is 11.6 Å². The summed E-state index contributed by atoms with van der Waals surface area (Å²) in [7, 11) is 0. The molecule has 2 rings (SSSR count). The van der Waals surface area contributed by atoms with Gasteiger partial charge in [-0.2, -0.15) is 5.10 Å². The first-order chi connectivity index (χ1) is 9.97. The second kappa shape index (κ2) is 7.12. The largest absolute Gasteiger partial charge is 0.311 e. The van der Waals surface area contributed by atoms with Crippen molar-refractivity contribution in [2.45, 2.75) is 66.2 Å². The number of piperazine rings is 1. The summed E-state index contributed by atoms with van der Waals surface area (Å²) in [6, 6.07) is 1.10. The number of rotatable bonds is 5. The summed E-state index contributed by atoms with van der Waals surface area (Å²) in [6.07, 6.45) is 1.21. The van der Waals surface area contributed by atoms with Gasteiger partial charge in [0.05, 0.1) is 16.4 Å². The van der Waals surface area contributed by atoms with E-state index in [2.05, 4.69) is 43.0 Å². The highest BCUT2D eigenvalue weighted by atomic mass is 35.5. The Morgan fingerprint density at radius 1 is 1.43 bits per heavy atom. The first kappa shape index (κ1) is 16.8. The fourth-order valence-electron chi connectivity index (χ4n) is 3.05. The van der Waals surface area contributed by atoms with Crippen molar-refractivity contribution in [2.24, 2.45) is 5.92 Å². The summed E-state index contributed by atoms with van der Waals surface area (Å²) in [5.41, 5.74) is 2.10. The van der Waals surface area contributed by atoms with Gasteiger partial charge in [0.2, 0.25) is 0 Å². The van der Waals surface area contributed by atoms with Crippen molar-refractivity contribution in [1.29, 1.82) is 0 Å². The molecule has 5 heteroatoms. The van der Waals surface area contributed by atoms with Gasteiger partial charge in [-0.1, -0.05) is 31.9 Å². The maximum absolute atomic E-state index is 6.46. The Bertz CT molecular complexity index is 471. The first-order valence-electron chi connectivity index (χ1n) is 8.17. The van der Waals surface area contributed by atoms with Gasteiger partial charge in [-0.15, -0.1) is 0 Å². The predicted molar refractivity (Wildman–Crippen MR) is 88.8 cm³/mol. The van der Waals surface area contributed by atoms with E-state index < -0.39 is 0 Å². The van der Waals surface area contributed by atoms with Gasteiger partial charge in [-0.25, -0.2) is 0 Å². The lowest BCUT2D eigenvalue weighted by Crippen LogP contribution is -2.57. The standard InChI is InChI=1S/C16H29ClN4/c1-6-11(3)14-9-20(12(4)8-18-14)10-15-16(17)13(5)19-21(15)7-2/h11-12,14,18H,6-10H2,1-5H3. The highest BCUT2D eigenvalue weighted by Crippen LogP contribution is 2.24. The minimum atomic E-state index is 0.530. The molecule has 1 fully saturated rings. The summed E-state index contributed by atoms with van der Waals surface area (Å²) < 4.78 is 2.05. The van der Waals surface area contributed by atoms with Crippen molar-refractivity contribution < 1.29 is 0 Å². The Balaban J connectivity index is 2.13. The van der Waals surface area contributed by atoms with Gasteiger partial charge in [-0.3, -0.25) is 9.58 Å². The van der Waals surface area contributed by atoms with Crippen LogP contribution in [0, 0.1) is 12.8 Å². The topological polar surface area (TPSA) is 33.1 Å². The molecule has 1 aliphatic heterocycles. The first-order valence-corrected chi connectivity index (χ1v) is 8.54. The average molecular weight is 313 g/mol. The number of aryl methyl sites for hydroxylation is 2. The van der Waals surface area contributed by atoms with Crippen LogP contribution in [0.5, 0.6) is 0 Å². The molecule has 1 aromatic rings. The third kappa shape index (κ3) is 3.61. The van der Waals surface area contributed by atoms with E-state index in [-0.39, 0.29) is 0 Å². The van der Waals surface area contributed by atoms with E-state index in [1.165, 1.54) is 6.42 Å². The van der Waals surface area contributed by atoms with Crippen LogP contribution in [-0.4, -0.2) is 39.9 Å². The van der Waals surface area contributed by atoms with Crippen molar-refractivity contribution in [2.75, 3.05) is 13.1 Å². The lowest BCUT2D eigenvalue weighted by atomic mass is 9.95. The van der Waals surface area contributed by atoms with Gasteiger partial charge in [0, 0.05) is 38.3 Å². The highest BCUT2D eigenvalue weighted by molar-refractivity contribution is 6.31. The minimum absolute atomic E-state index is 0.530. The number of hydrogen-bond acceptors (Lipinski definition) is 3. The van der Waals surface area contributed by atoms with Crippen molar-refractivity contribution in [1.82, 2.24) is 20.0 Å². The molecule has 4 nitrogen and oxygen atoms in total. The number of aromatic nitrogens is 2. The average Bonchev–Trinajstić information content (AvgIpc) is 2.76. The summed E-state index contributed by atoms with van der Waals surface area (Å²) in [5.74, 6) is 0.702. The molecule has 0 aliphatic carbocycles. The number of nitrogens with zero attached hydrogens (tertiary/aromatic N) is 3. The molecule has 1 saturated heterocycles. The zero-order valence-electron chi connectivity index (χ0n) is 14.0. The van der Waals surface area contributed by atoms with E-state index in [9.17, 15) is 0 Å². The van der Waals surface area contributed by atoms with Crippen LogP contribution >= 0.6 is 11.6 Å². The molecule has 1 aromatic heterocycles. The second-order valence-electron chi connectivity index (χ2n) is 6.34. The number of halogens is 1. The smallest absolute Gasteiger partial charge is 0.0860 e. The maximum atomic E-state index is 6.46. The summed E-state index contributed by atoms with van der Waals surface area (Å²) in [4.78, 5) is 2.54. The van der Waals surface area contributed by atoms with Gasteiger partial charge in [0.1, 0.15) is 0 Å². The maximum Gasteiger partial charge on any atom is 0.0860 e. The lowest BCUT2D eigenvalue weighted by molar-refractivity contribution is 0.109. The molecule has 0 radical (unpaired) electrons. The molecule has 0 saturated carbocycles. The quantitative estimate of drug-likeness (QED) is 0.907. The van der Waals surface area contributed by atoms with Crippen LogP contribution in [0.4, 0.5) is 0 Å². The SMILES string of the molecule is CCC(C)C1CN(Cc2c(Cl)c(C)nn2CC)C(C)CN1. The van der Waals surface area contributed by atoms with Gasteiger partial charge >= 0.3 is 0 Å². The Morgan fingerprint density at radius 2 is 2.14 bits per heavy atom. The molecule has 3 unspecified atom stereocenters. The molecular formula is C16H29ClN4. The van der Waals surface area contributed by atoms with Crippen LogP contribution in [0.2, 0.25) is 5.02 Å². The van der Waals surface area contributed by atoms with Crippen LogP contribution in [0.3, 0.4) is 0 Å². The van der Waals surface area contributed by atoms with E-state index >= 15 is 0 Å². The number of nitrogens with one attached hydrogen (secondary N) is 1. The third-order valence-corrected chi connectivity index (χ3v) is 5.36. The molecule has 0 spiro atoms. The zero-order valence-corrected chi connectivity index (χ0v) is 14.7. The predicted octanol–water partition coefficient (Wildman–Crippen LogP) is 3.07. The Labute approximate surface area is 133 Å². The van der Waals surface area contributed by atoms with Crippen molar-refractivity contribution in [3.63, 3.8) is 0 Å². The van der Waals surface area contributed by atoms with Crippen LogP contribution in [0.25, 0.3) is 0 Å². The van der Waals surface area contributed by atoms with Crippen LogP contribution in [-0.2, 0) is 13.1 Å². The Kier molecular flexibility index (Phi) is 5.69. The van der Waals surface area contributed by atoms with Crippen molar-refractivity contribution in [3.8, 4) is 0 Å². The van der Waals surface area contributed by atoms with E-state index in [4.69, 9.17) is 11.6 Å². The van der Waals surface area contributed by atoms with Crippen molar-refractivity contribution in [3.05, 3.63) is 16.4 Å². The Morgan fingerprint density at radius 3 is 2.76 bits per heavy atom.